The molecule has 0 rings (SSSR count). The standard InChI is InChI=1S/C3H11BN2/c1-5-4-6(2)3/h4-5H,1-3H3. The van der Waals surface area contributed by atoms with Crippen LogP contribution in [0.5, 0.6) is 0 Å². The van der Waals surface area contributed by atoms with Crippen LogP contribution >= 0.6 is 0 Å². The Hall–Kier alpha value is -0.0151. The molecule has 2 nitrogen and oxygen atoms in total. The molecule has 0 aliphatic heterocycles. The van der Waals surface area contributed by atoms with Crippen molar-refractivity contribution in [1.82, 2.24) is 10.0 Å². The zero-order valence-corrected chi connectivity index (χ0v) is 4.65. The Balaban J connectivity index is 2.63. The van der Waals surface area contributed by atoms with E-state index in [4.69, 9.17) is 0 Å². The molecule has 0 fully saturated rings. The average molecular weight is 85.9 g/mol. The Labute approximate surface area is 39.8 Å². The van der Waals surface area contributed by atoms with E-state index in [1.807, 2.05) is 21.1 Å². The molecule has 0 aromatic carbocycles. The predicted octanol–water partition coefficient (Wildman–Crippen LogP) is -0.966. The summed E-state index contributed by atoms with van der Waals surface area (Å²) in [5.41, 5.74) is 0. The molecular formula is C3H11BN2. The fraction of sp³-hybridized carbons (Fsp3) is 1.00. The molecule has 0 spiro atoms. The third kappa shape index (κ3) is 3.98. The van der Waals surface area contributed by atoms with E-state index in [0.717, 1.165) is 7.55 Å². The molecule has 0 aromatic heterocycles. The molecule has 1 N–H and O–H groups in total. The van der Waals surface area contributed by atoms with Crippen molar-refractivity contribution in [2.24, 2.45) is 0 Å². The minimum absolute atomic E-state index is 0.958. The van der Waals surface area contributed by atoms with Gasteiger partial charge in [0, 0.05) is 0 Å². The number of nitrogens with one attached hydrogen (secondary N) is 1. The largest absolute Gasteiger partial charge is 0.348 e. The fourth-order valence-corrected chi connectivity index (χ4v) is 0.316. The number of hydrogen-bond donors (Lipinski definition) is 1. The van der Waals surface area contributed by atoms with Gasteiger partial charge in [-0.3, -0.25) is 0 Å². The molecule has 0 saturated heterocycles. The van der Waals surface area contributed by atoms with E-state index in [-0.39, 0.29) is 0 Å². The van der Waals surface area contributed by atoms with Crippen LogP contribution < -0.4 is 5.23 Å². The summed E-state index contributed by atoms with van der Waals surface area (Å²) < 4.78 is 0. The first-order valence-electron chi connectivity index (χ1n) is 2.06. The van der Waals surface area contributed by atoms with Gasteiger partial charge in [-0.25, -0.2) is 0 Å². The topological polar surface area (TPSA) is 15.3 Å². The lowest BCUT2D eigenvalue weighted by atomic mass is 10.2. The molecule has 3 heteroatoms. The molecule has 0 unspecified atom stereocenters. The molecule has 0 atom stereocenters. The van der Waals surface area contributed by atoms with Crippen molar-refractivity contribution < 1.29 is 0 Å². The van der Waals surface area contributed by atoms with Gasteiger partial charge in [0.15, 0.2) is 0 Å². The summed E-state index contributed by atoms with van der Waals surface area (Å²) in [6.07, 6.45) is 0. The Bertz CT molecular complexity index is 30.0. The molecule has 36 valence electrons. The number of nitrogens with zero attached hydrogens (tertiary/aromatic N) is 1. The van der Waals surface area contributed by atoms with Crippen molar-refractivity contribution in [3.05, 3.63) is 0 Å². The zero-order valence-electron chi connectivity index (χ0n) is 4.65. The predicted molar refractivity (Wildman–Crippen MR) is 29.9 cm³/mol. The first-order chi connectivity index (χ1) is 2.77. The van der Waals surface area contributed by atoms with Crippen molar-refractivity contribution in [3.8, 4) is 0 Å². The molecule has 0 heterocycles. The smallest absolute Gasteiger partial charge is 0.288 e. The van der Waals surface area contributed by atoms with Crippen LogP contribution in [-0.2, 0) is 0 Å². The number of rotatable bonds is 2. The molecule has 6 heavy (non-hydrogen) atoms. The van der Waals surface area contributed by atoms with Crippen LogP contribution in [0.15, 0.2) is 0 Å². The van der Waals surface area contributed by atoms with Crippen LogP contribution in [0.3, 0.4) is 0 Å². The molecule has 0 amide bonds. The van der Waals surface area contributed by atoms with Crippen molar-refractivity contribution in [2.75, 3.05) is 21.1 Å². The maximum atomic E-state index is 2.99. The van der Waals surface area contributed by atoms with Crippen molar-refractivity contribution in [3.63, 3.8) is 0 Å². The SMILES string of the molecule is CNBN(C)C. The molecule has 0 aliphatic carbocycles. The van der Waals surface area contributed by atoms with Gasteiger partial charge in [0.2, 0.25) is 0 Å². The maximum absolute atomic E-state index is 2.99. The van der Waals surface area contributed by atoms with Crippen LogP contribution in [0.1, 0.15) is 0 Å². The van der Waals surface area contributed by atoms with E-state index in [2.05, 4.69) is 10.0 Å². The van der Waals surface area contributed by atoms with Crippen molar-refractivity contribution >= 4 is 7.55 Å². The summed E-state index contributed by atoms with van der Waals surface area (Å²) in [5.74, 6) is 0. The highest BCUT2D eigenvalue weighted by atomic mass is 15.0. The highest BCUT2D eigenvalue weighted by Gasteiger charge is 1.83. The third-order valence-electron chi connectivity index (χ3n) is 0.474. The molecule has 0 aliphatic rings. The second kappa shape index (κ2) is 3.19. The lowest BCUT2D eigenvalue weighted by Gasteiger charge is -2.02. The summed E-state index contributed by atoms with van der Waals surface area (Å²) in [5, 5.41) is 2.99. The third-order valence-corrected chi connectivity index (χ3v) is 0.474. The Morgan fingerprint density at radius 2 is 2.00 bits per heavy atom. The van der Waals surface area contributed by atoms with E-state index in [1.54, 1.807) is 0 Å². The van der Waals surface area contributed by atoms with Gasteiger partial charge in [-0.05, 0) is 21.1 Å². The van der Waals surface area contributed by atoms with E-state index < -0.39 is 0 Å². The fourth-order valence-electron chi connectivity index (χ4n) is 0.316. The van der Waals surface area contributed by atoms with Gasteiger partial charge in [-0.2, -0.15) is 0 Å². The lowest BCUT2D eigenvalue weighted by molar-refractivity contribution is 0.649. The van der Waals surface area contributed by atoms with Gasteiger partial charge in [-0.1, -0.05) is 0 Å². The van der Waals surface area contributed by atoms with Gasteiger partial charge in [0.05, 0.1) is 0 Å². The summed E-state index contributed by atoms with van der Waals surface area (Å²) >= 11 is 0. The first-order valence-corrected chi connectivity index (χ1v) is 2.06. The minimum Gasteiger partial charge on any atom is -0.348 e. The van der Waals surface area contributed by atoms with Gasteiger partial charge >= 0.3 is 0 Å². The van der Waals surface area contributed by atoms with Crippen LogP contribution in [0.4, 0.5) is 0 Å². The van der Waals surface area contributed by atoms with Crippen molar-refractivity contribution in [1.29, 1.82) is 0 Å². The van der Waals surface area contributed by atoms with Gasteiger partial charge in [-0.15, -0.1) is 0 Å². The van der Waals surface area contributed by atoms with Gasteiger partial charge < -0.3 is 10.0 Å². The maximum Gasteiger partial charge on any atom is 0.288 e. The Kier molecular flexibility index (Phi) is 3.18. The number of hydrogen-bond acceptors (Lipinski definition) is 2. The minimum atomic E-state index is 0.958. The van der Waals surface area contributed by atoms with E-state index >= 15 is 0 Å². The van der Waals surface area contributed by atoms with Crippen LogP contribution in [0.2, 0.25) is 0 Å². The normalized spacial score (nSPS) is 9.33. The summed E-state index contributed by atoms with van der Waals surface area (Å²) in [6, 6.07) is 0. The van der Waals surface area contributed by atoms with E-state index in [9.17, 15) is 0 Å². The second-order valence-electron chi connectivity index (χ2n) is 1.59. The lowest BCUT2D eigenvalue weighted by Crippen LogP contribution is -2.29. The van der Waals surface area contributed by atoms with E-state index in [1.165, 1.54) is 0 Å². The van der Waals surface area contributed by atoms with Gasteiger partial charge in [0.25, 0.3) is 7.55 Å². The van der Waals surface area contributed by atoms with Crippen molar-refractivity contribution in [2.45, 2.75) is 0 Å². The van der Waals surface area contributed by atoms with E-state index in [0.29, 0.717) is 0 Å². The summed E-state index contributed by atoms with van der Waals surface area (Å²) in [4.78, 5) is 2.07. The van der Waals surface area contributed by atoms with Crippen LogP contribution in [0.25, 0.3) is 0 Å². The summed E-state index contributed by atoms with van der Waals surface area (Å²) in [6.45, 7) is 0. The highest BCUT2D eigenvalue weighted by Crippen LogP contribution is 1.56. The van der Waals surface area contributed by atoms with Gasteiger partial charge in [0.1, 0.15) is 0 Å². The Morgan fingerprint density at radius 3 is 2.00 bits per heavy atom. The second-order valence-corrected chi connectivity index (χ2v) is 1.59. The molecule has 0 saturated carbocycles. The van der Waals surface area contributed by atoms with Crippen LogP contribution in [-0.4, -0.2) is 33.5 Å². The zero-order chi connectivity index (χ0) is 4.99. The first kappa shape index (κ1) is 5.98. The monoisotopic (exact) mass is 86.1 g/mol. The highest BCUT2D eigenvalue weighted by molar-refractivity contribution is 6.28. The van der Waals surface area contributed by atoms with Crippen LogP contribution in [0, 0.1) is 0 Å². The molecule has 0 bridgehead atoms. The molecule has 0 radical (unpaired) electrons. The Morgan fingerprint density at radius 1 is 1.50 bits per heavy atom. The average Bonchev–Trinajstić information content (AvgIpc) is 1.35. The molecular weight excluding hydrogens is 74.9 g/mol. The summed E-state index contributed by atoms with van der Waals surface area (Å²) in [7, 11) is 6.94. The quantitative estimate of drug-likeness (QED) is 0.435. The molecule has 0 aromatic rings.